The van der Waals surface area contributed by atoms with Gasteiger partial charge >= 0.3 is 0 Å². The minimum absolute atomic E-state index is 0.0267. The summed E-state index contributed by atoms with van der Waals surface area (Å²) in [6.45, 7) is 9.69. The molecule has 0 fully saturated rings. The number of hydrogen-bond acceptors (Lipinski definition) is 4. The van der Waals surface area contributed by atoms with Gasteiger partial charge < -0.3 is 14.8 Å². The summed E-state index contributed by atoms with van der Waals surface area (Å²) in [5.41, 5.74) is 0.625. The average Bonchev–Trinajstić information content (AvgIpc) is 2.72. The molecule has 0 unspecified atom stereocenters. The average molecular weight is 435 g/mol. The van der Waals surface area contributed by atoms with Gasteiger partial charge in [0.1, 0.15) is 11.1 Å². The molecule has 32 heavy (non-hydrogen) atoms. The van der Waals surface area contributed by atoms with E-state index in [1.807, 2.05) is 65.0 Å². The highest BCUT2D eigenvalue weighted by Crippen LogP contribution is 2.19. The van der Waals surface area contributed by atoms with Gasteiger partial charge in [0.05, 0.1) is 5.52 Å². The molecule has 2 aromatic heterocycles. The van der Waals surface area contributed by atoms with Crippen LogP contribution in [0.4, 0.5) is 0 Å². The lowest BCUT2D eigenvalue weighted by Gasteiger charge is -2.22. The van der Waals surface area contributed by atoms with Crippen LogP contribution >= 0.6 is 0 Å². The largest absolute Gasteiger partial charge is 0.350 e. The normalized spacial score (nSPS) is 11.6. The van der Waals surface area contributed by atoms with Crippen LogP contribution in [0.25, 0.3) is 10.9 Å². The number of benzene rings is 1. The molecule has 0 atom stereocenters. The topological polar surface area (TPSA) is 84.3 Å². The van der Waals surface area contributed by atoms with E-state index >= 15 is 0 Å². The van der Waals surface area contributed by atoms with Gasteiger partial charge in [-0.15, -0.1) is 0 Å². The van der Waals surface area contributed by atoms with E-state index in [0.29, 0.717) is 6.54 Å². The zero-order valence-electron chi connectivity index (χ0n) is 19.5. The SMILES string of the molecule is CC(C)n1cc(C(=O)NC(C)(C)C)c(=O)c(C(=O)N(C)Cc2cccc3ncccc23)c1. The van der Waals surface area contributed by atoms with Crippen molar-refractivity contribution in [2.45, 2.75) is 52.7 Å². The molecule has 7 nitrogen and oxygen atoms in total. The van der Waals surface area contributed by atoms with Gasteiger partial charge in [0.25, 0.3) is 11.8 Å². The van der Waals surface area contributed by atoms with Crippen molar-refractivity contribution in [3.8, 4) is 0 Å². The maximum absolute atomic E-state index is 13.3. The van der Waals surface area contributed by atoms with E-state index < -0.39 is 22.8 Å². The third-order valence-corrected chi connectivity index (χ3v) is 5.10. The number of hydrogen-bond donors (Lipinski definition) is 1. The summed E-state index contributed by atoms with van der Waals surface area (Å²) in [5.74, 6) is -0.926. The number of pyridine rings is 2. The van der Waals surface area contributed by atoms with Gasteiger partial charge in [0, 0.05) is 49.1 Å². The number of nitrogens with one attached hydrogen (secondary N) is 1. The van der Waals surface area contributed by atoms with E-state index in [4.69, 9.17) is 0 Å². The van der Waals surface area contributed by atoms with Gasteiger partial charge in [-0.05, 0) is 52.3 Å². The first-order chi connectivity index (χ1) is 15.0. The van der Waals surface area contributed by atoms with E-state index in [0.717, 1.165) is 16.5 Å². The van der Waals surface area contributed by atoms with E-state index in [1.165, 1.54) is 17.3 Å². The Balaban J connectivity index is 1.99. The number of nitrogens with zero attached hydrogens (tertiary/aromatic N) is 3. The number of carbonyl (C=O) groups excluding carboxylic acids is 2. The van der Waals surface area contributed by atoms with Crippen molar-refractivity contribution in [2.75, 3.05) is 7.05 Å². The predicted octanol–water partition coefficient (Wildman–Crippen LogP) is 3.78. The molecule has 3 rings (SSSR count). The zero-order valence-corrected chi connectivity index (χ0v) is 19.5. The highest BCUT2D eigenvalue weighted by Gasteiger charge is 2.24. The van der Waals surface area contributed by atoms with Crippen LogP contribution in [0.5, 0.6) is 0 Å². The molecule has 0 spiro atoms. The van der Waals surface area contributed by atoms with Gasteiger partial charge in [-0.3, -0.25) is 19.4 Å². The van der Waals surface area contributed by atoms with Gasteiger partial charge in [-0.25, -0.2) is 0 Å². The summed E-state index contributed by atoms with van der Waals surface area (Å²) in [4.78, 5) is 45.1. The van der Waals surface area contributed by atoms with Crippen LogP contribution in [0.2, 0.25) is 0 Å². The number of fused-ring (bicyclic) bond motifs is 1. The Kier molecular flexibility index (Phi) is 6.48. The molecule has 1 aromatic carbocycles. The molecule has 1 N–H and O–H groups in total. The summed E-state index contributed by atoms with van der Waals surface area (Å²) in [5, 5.41) is 3.77. The number of amides is 2. The first-order valence-corrected chi connectivity index (χ1v) is 10.6. The van der Waals surface area contributed by atoms with Crippen LogP contribution in [0.3, 0.4) is 0 Å². The predicted molar refractivity (Wildman–Crippen MR) is 126 cm³/mol. The molecule has 0 aliphatic carbocycles. The van der Waals surface area contributed by atoms with E-state index in [2.05, 4.69) is 10.3 Å². The van der Waals surface area contributed by atoms with Gasteiger partial charge in [-0.2, -0.15) is 0 Å². The smallest absolute Gasteiger partial charge is 0.259 e. The van der Waals surface area contributed by atoms with E-state index in [1.54, 1.807) is 17.8 Å². The van der Waals surface area contributed by atoms with Crippen molar-refractivity contribution in [3.05, 3.63) is 75.8 Å². The molecule has 0 aliphatic heterocycles. The molecule has 3 aromatic rings. The lowest BCUT2D eigenvalue weighted by atomic mass is 10.1. The first-order valence-electron chi connectivity index (χ1n) is 10.6. The summed E-state index contributed by atoms with van der Waals surface area (Å²) in [7, 11) is 1.65. The van der Waals surface area contributed by atoms with Gasteiger partial charge in [0.15, 0.2) is 0 Å². The van der Waals surface area contributed by atoms with Crippen LogP contribution in [0, 0.1) is 0 Å². The van der Waals surface area contributed by atoms with Crippen molar-refractivity contribution in [1.29, 1.82) is 0 Å². The molecular formula is C25H30N4O3. The van der Waals surface area contributed by atoms with Crippen molar-refractivity contribution < 1.29 is 9.59 Å². The van der Waals surface area contributed by atoms with Gasteiger partial charge in [0.2, 0.25) is 5.43 Å². The fourth-order valence-corrected chi connectivity index (χ4v) is 3.46. The van der Waals surface area contributed by atoms with Crippen LogP contribution in [-0.4, -0.2) is 38.9 Å². The lowest BCUT2D eigenvalue weighted by Crippen LogP contribution is -2.43. The fraction of sp³-hybridized carbons (Fsp3) is 0.360. The molecular weight excluding hydrogens is 404 g/mol. The maximum Gasteiger partial charge on any atom is 0.259 e. The Labute approximate surface area is 188 Å². The molecule has 0 aliphatic rings. The summed E-state index contributed by atoms with van der Waals surface area (Å²) in [6, 6.07) is 9.53. The summed E-state index contributed by atoms with van der Waals surface area (Å²) >= 11 is 0. The van der Waals surface area contributed by atoms with Crippen LogP contribution in [-0.2, 0) is 6.54 Å². The second-order valence-electron chi connectivity index (χ2n) is 9.31. The third kappa shape index (κ3) is 5.04. The summed E-state index contributed by atoms with van der Waals surface area (Å²) in [6.07, 6.45) is 4.77. The molecule has 0 bridgehead atoms. The van der Waals surface area contributed by atoms with Crippen molar-refractivity contribution in [3.63, 3.8) is 0 Å². The van der Waals surface area contributed by atoms with Crippen molar-refractivity contribution in [1.82, 2.24) is 19.8 Å². The number of aromatic nitrogens is 2. The Morgan fingerprint density at radius 1 is 1.09 bits per heavy atom. The zero-order chi connectivity index (χ0) is 23.6. The Bertz CT molecular complexity index is 1220. The monoisotopic (exact) mass is 434 g/mol. The van der Waals surface area contributed by atoms with Crippen LogP contribution in [0.1, 0.15) is 66.9 Å². The minimum atomic E-state index is -0.569. The molecule has 2 heterocycles. The molecule has 2 amide bonds. The van der Waals surface area contributed by atoms with Crippen molar-refractivity contribution in [2.24, 2.45) is 0 Å². The highest BCUT2D eigenvalue weighted by atomic mass is 16.2. The number of rotatable bonds is 5. The Morgan fingerprint density at radius 2 is 1.78 bits per heavy atom. The van der Waals surface area contributed by atoms with E-state index in [9.17, 15) is 14.4 Å². The Morgan fingerprint density at radius 3 is 2.44 bits per heavy atom. The second-order valence-corrected chi connectivity index (χ2v) is 9.31. The standard InChI is InChI=1S/C25H30N4O3/c1-16(2)29-14-19(23(31)27-25(3,4)5)22(30)20(15-29)24(32)28(6)13-17-9-7-11-21-18(17)10-8-12-26-21/h7-12,14-16H,13H2,1-6H3,(H,27,31). The molecule has 0 radical (unpaired) electrons. The number of carbonyl (C=O) groups is 2. The maximum atomic E-state index is 13.3. The summed E-state index contributed by atoms with van der Waals surface area (Å²) < 4.78 is 1.72. The quantitative estimate of drug-likeness (QED) is 0.662. The molecule has 0 saturated heterocycles. The molecule has 0 saturated carbocycles. The van der Waals surface area contributed by atoms with Crippen LogP contribution < -0.4 is 10.7 Å². The van der Waals surface area contributed by atoms with Crippen LogP contribution in [0.15, 0.2) is 53.7 Å². The fourth-order valence-electron chi connectivity index (χ4n) is 3.46. The van der Waals surface area contributed by atoms with Gasteiger partial charge in [-0.1, -0.05) is 18.2 Å². The third-order valence-electron chi connectivity index (χ3n) is 5.10. The minimum Gasteiger partial charge on any atom is -0.350 e. The second kappa shape index (κ2) is 8.94. The first kappa shape index (κ1) is 23.2. The Hall–Kier alpha value is -3.48. The van der Waals surface area contributed by atoms with Crippen molar-refractivity contribution >= 4 is 22.7 Å². The lowest BCUT2D eigenvalue weighted by molar-refractivity contribution is 0.0783. The highest BCUT2D eigenvalue weighted by molar-refractivity contribution is 5.99. The molecule has 168 valence electrons. The van der Waals surface area contributed by atoms with E-state index in [-0.39, 0.29) is 17.2 Å². The molecule has 7 heteroatoms.